The first kappa shape index (κ1) is 16.7. The maximum atomic E-state index is 11.2. The smallest absolute Gasteiger partial charge is 0.151 e. The molecule has 2 N–H and O–H groups in total. The van der Waals surface area contributed by atoms with Crippen LogP contribution >= 0.6 is 0 Å². The number of sulfone groups is 1. The maximum absolute atomic E-state index is 11.2. The number of anilines is 1. The molecule has 0 amide bonds. The molecule has 0 aliphatic carbocycles. The van der Waals surface area contributed by atoms with Crippen molar-refractivity contribution in [1.82, 2.24) is 14.5 Å². The average Bonchev–Trinajstić information content (AvgIpc) is 2.79. The topological polar surface area (TPSA) is 90.9 Å². The van der Waals surface area contributed by atoms with Gasteiger partial charge in [-0.3, -0.25) is 0 Å². The van der Waals surface area contributed by atoms with Gasteiger partial charge in [-0.25, -0.2) is 18.4 Å². The van der Waals surface area contributed by atoms with Crippen LogP contribution in [0.3, 0.4) is 0 Å². The summed E-state index contributed by atoms with van der Waals surface area (Å²) in [5.41, 5.74) is 9.78. The number of fused-ring (bicyclic) bond motifs is 1. The van der Waals surface area contributed by atoms with Crippen molar-refractivity contribution in [3.05, 3.63) is 17.1 Å². The molecule has 22 heavy (non-hydrogen) atoms. The predicted octanol–water partition coefficient (Wildman–Crippen LogP) is 2.02. The number of hydrogen-bond donors (Lipinski definition) is 1. The average molecular weight is 324 g/mol. The number of unbranched alkanes of at least 4 members (excludes halogenated alkanes) is 1. The molecule has 0 spiro atoms. The van der Waals surface area contributed by atoms with E-state index in [0.29, 0.717) is 12.2 Å². The van der Waals surface area contributed by atoms with Crippen LogP contribution in [0.5, 0.6) is 0 Å². The van der Waals surface area contributed by atoms with Crippen LogP contribution in [0.2, 0.25) is 0 Å². The molecule has 0 aliphatic heterocycles. The van der Waals surface area contributed by atoms with Gasteiger partial charge in [-0.2, -0.15) is 0 Å². The number of aryl methyl sites for hydroxylation is 4. The molecular formula is C15H24N4O2S. The Morgan fingerprint density at radius 3 is 2.45 bits per heavy atom. The van der Waals surface area contributed by atoms with E-state index in [1.54, 1.807) is 0 Å². The molecule has 0 aromatic carbocycles. The second kappa shape index (κ2) is 6.24. The van der Waals surface area contributed by atoms with E-state index >= 15 is 0 Å². The number of rotatable bonds is 6. The van der Waals surface area contributed by atoms with Gasteiger partial charge < -0.3 is 10.3 Å². The third-order valence-electron chi connectivity index (χ3n) is 3.94. The van der Waals surface area contributed by atoms with Gasteiger partial charge in [0.25, 0.3) is 0 Å². The Kier molecular flexibility index (Phi) is 4.75. The summed E-state index contributed by atoms with van der Waals surface area (Å²) in [6.07, 6.45) is 3.53. The minimum Gasteiger partial charge on any atom is -0.382 e. The van der Waals surface area contributed by atoms with E-state index in [-0.39, 0.29) is 5.75 Å². The first-order valence-corrected chi connectivity index (χ1v) is 9.60. The fourth-order valence-corrected chi connectivity index (χ4v) is 3.42. The Balaban J connectivity index is 2.35. The monoisotopic (exact) mass is 324 g/mol. The molecule has 0 radical (unpaired) electrons. The fourth-order valence-electron chi connectivity index (χ4n) is 2.69. The van der Waals surface area contributed by atoms with Crippen molar-refractivity contribution < 1.29 is 8.42 Å². The lowest BCUT2D eigenvalue weighted by molar-refractivity contribution is 0.585. The number of nitrogens with two attached hydrogens (primary N) is 1. The van der Waals surface area contributed by atoms with Gasteiger partial charge >= 0.3 is 0 Å². The van der Waals surface area contributed by atoms with Gasteiger partial charge in [0.15, 0.2) is 5.82 Å². The number of pyridine rings is 1. The highest BCUT2D eigenvalue weighted by Crippen LogP contribution is 2.26. The zero-order valence-electron chi connectivity index (χ0n) is 13.7. The van der Waals surface area contributed by atoms with Gasteiger partial charge in [0.1, 0.15) is 21.2 Å². The molecule has 2 aromatic heterocycles. The number of nitrogens with zero attached hydrogens (tertiary/aromatic N) is 3. The summed E-state index contributed by atoms with van der Waals surface area (Å²) >= 11 is 0. The van der Waals surface area contributed by atoms with Crippen molar-refractivity contribution in [3.63, 3.8) is 0 Å². The predicted molar refractivity (Wildman–Crippen MR) is 89.7 cm³/mol. The number of hydrogen-bond acceptors (Lipinski definition) is 5. The van der Waals surface area contributed by atoms with Crippen LogP contribution in [-0.4, -0.2) is 35.0 Å². The van der Waals surface area contributed by atoms with E-state index in [4.69, 9.17) is 5.73 Å². The maximum Gasteiger partial charge on any atom is 0.151 e. The summed E-state index contributed by atoms with van der Waals surface area (Å²) in [4.78, 5) is 8.96. The highest BCUT2D eigenvalue weighted by atomic mass is 32.2. The van der Waals surface area contributed by atoms with Gasteiger partial charge in [0.05, 0.1) is 5.52 Å². The molecule has 0 saturated heterocycles. The molecule has 2 aromatic rings. The van der Waals surface area contributed by atoms with Crippen LogP contribution in [0, 0.1) is 13.8 Å². The van der Waals surface area contributed by atoms with Crippen LogP contribution in [0.15, 0.2) is 0 Å². The lowest BCUT2D eigenvalue weighted by Gasteiger charge is -2.11. The summed E-state index contributed by atoms with van der Waals surface area (Å²) < 4.78 is 24.6. The standard InChI is InChI=1S/C15H24N4O2S/c1-5-12-18-13-14(10(2)11(3)17-15(13)16)19(12)8-6-7-9-22(4,20)21/h5-9H2,1-4H3,(H2,16,17). The molecule has 6 nitrogen and oxygen atoms in total. The van der Waals surface area contributed by atoms with Crippen molar-refractivity contribution >= 4 is 26.7 Å². The fraction of sp³-hybridized carbons (Fsp3) is 0.600. The summed E-state index contributed by atoms with van der Waals surface area (Å²) in [5.74, 6) is 1.65. The van der Waals surface area contributed by atoms with Crippen molar-refractivity contribution in [1.29, 1.82) is 0 Å². The Morgan fingerprint density at radius 2 is 1.86 bits per heavy atom. The first-order valence-electron chi connectivity index (χ1n) is 7.54. The Labute approximate surface area is 131 Å². The van der Waals surface area contributed by atoms with E-state index < -0.39 is 9.84 Å². The zero-order chi connectivity index (χ0) is 16.5. The zero-order valence-corrected chi connectivity index (χ0v) is 14.5. The highest BCUT2D eigenvalue weighted by molar-refractivity contribution is 7.90. The number of aromatic nitrogens is 3. The van der Waals surface area contributed by atoms with Crippen molar-refractivity contribution in [2.24, 2.45) is 0 Å². The Morgan fingerprint density at radius 1 is 1.18 bits per heavy atom. The van der Waals surface area contributed by atoms with Crippen LogP contribution < -0.4 is 5.73 Å². The SMILES string of the molecule is CCc1nc2c(N)nc(C)c(C)c2n1CCCCS(C)(=O)=O. The third kappa shape index (κ3) is 3.40. The van der Waals surface area contributed by atoms with Crippen LogP contribution in [0.1, 0.15) is 36.8 Å². The summed E-state index contributed by atoms with van der Waals surface area (Å²) in [6, 6.07) is 0. The number of nitrogen functional groups attached to an aromatic ring is 1. The van der Waals surface area contributed by atoms with E-state index in [1.165, 1.54) is 6.26 Å². The third-order valence-corrected chi connectivity index (χ3v) is 4.97. The molecule has 0 fully saturated rings. The largest absolute Gasteiger partial charge is 0.382 e. The molecule has 122 valence electrons. The molecule has 7 heteroatoms. The van der Waals surface area contributed by atoms with Crippen LogP contribution in [-0.2, 0) is 22.8 Å². The molecule has 2 rings (SSSR count). The molecule has 0 bridgehead atoms. The van der Waals surface area contributed by atoms with Gasteiger partial charge in [0.2, 0.25) is 0 Å². The highest BCUT2D eigenvalue weighted by Gasteiger charge is 2.16. The van der Waals surface area contributed by atoms with Gasteiger partial charge in [-0.15, -0.1) is 0 Å². The minimum absolute atomic E-state index is 0.225. The van der Waals surface area contributed by atoms with E-state index in [0.717, 1.165) is 47.5 Å². The molecule has 0 atom stereocenters. The van der Waals surface area contributed by atoms with Crippen molar-refractivity contribution in [3.8, 4) is 0 Å². The van der Waals surface area contributed by atoms with Gasteiger partial charge in [-0.1, -0.05) is 6.92 Å². The normalized spacial score (nSPS) is 12.2. The molecular weight excluding hydrogens is 300 g/mol. The second-order valence-electron chi connectivity index (χ2n) is 5.77. The van der Waals surface area contributed by atoms with Crippen LogP contribution in [0.4, 0.5) is 5.82 Å². The minimum atomic E-state index is -2.90. The lowest BCUT2D eigenvalue weighted by Crippen LogP contribution is -2.08. The summed E-state index contributed by atoms with van der Waals surface area (Å²) in [6.45, 7) is 6.77. The van der Waals surface area contributed by atoms with E-state index in [2.05, 4.69) is 21.5 Å². The Bertz CT molecular complexity index is 794. The lowest BCUT2D eigenvalue weighted by atomic mass is 10.2. The van der Waals surface area contributed by atoms with Gasteiger partial charge in [-0.05, 0) is 32.3 Å². The molecule has 2 heterocycles. The molecule has 0 aliphatic rings. The first-order chi connectivity index (χ1) is 10.2. The summed E-state index contributed by atoms with van der Waals surface area (Å²) in [5, 5.41) is 0. The quantitative estimate of drug-likeness (QED) is 0.821. The van der Waals surface area contributed by atoms with E-state index in [9.17, 15) is 8.42 Å². The summed E-state index contributed by atoms with van der Waals surface area (Å²) in [7, 11) is -2.90. The second-order valence-corrected chi connectivity index (χ2v) is 8.03. The molecule has 0 saturated carbocycles. The Hall–Kier alpha value is -1.63. The van der Waals surface area contributed by atoms with Gasteiger partial charge in [0, 0.05) is 30.7 Å². The van der Waals surface area contributed by atoms with Crippen LogP contribution in [0.25, 0.3) is 11.0 Å². The van der Waals surface area contributed by atoms with Crippen molar-refractivity contribution in [2.75, 3.05) is 17.7 Å². The van der Waals surface area contributed by atoms with E-state index in [1.807, 2.05) is 13.8 Å². The molecule has 0 unspecified atom stereocenters. The van der Waals surface area contributed by atoms with Crippen molar-refractivity contribution in [2.45, 2.75) is 46.6 Å². The number of imidazole rings is 1.